The minimum absolute atomic E-state index is 0. The molecular weight excluding hydrogens is 63.9 g/mol. The molecule has 0 radical (unpaired) electrons. The summed E-state index contributed by atoms with van der Waals surface area (Å²) in [5.41, 5.74) is 6.47. The molecule has 0 aromatic carbocycles. The Morgan fingerprint density at radius 1 is 1.50 bits per heavy atom. The molecule has 0 bridgehead atoms. The number of rotatable bonds is 0. The summed E-state index contributed by atoms with van der Waals surface area (Å²) in [4.78, 5) is 0. The van der Waals surface area contributed by atoms with Gasteiger partial charge < -0.3 is 12.7 Å². The molecule has 0 amide bonds. The molecule has 0 rings (SSSR count). The monoisotopic (exact) mass is 71.1 g/mol. The van der Waals surface area contributed by atoms with Gasteiger partial charge in [0.2, 0.25) is 0 Å². The molecule has 1 N–H and O–H groups in total. The van der Waals surface area contributed by atoms with Crippen molar-refractivity contribution in [2.75, 3.05) is 0 Å². The van der Waals surface area contributed by atoms with E-state index >= 15 is 0 Å². The maximum atomic E-state index is 6.47. The van der Waals surface area contributed by atoms with E-state index in [2.05, 4.69) is 6.92 Å². The van der Waals surface area contributed by atoms with Crippen LogP contribution in [0.4, 0.5) is 0 Å². The SMILES string of the molecule is [CH2-]C(C)[NH-].[Li+].[Li+]. The van der Waals surface area contributed by atoms with Gasteiger partial charge in [0.25, 0.3) is 0 Å². The Morgan fingerprint density at radius 3 is 1.50 bits per heavy atom. The van der Waals surface area contributed by atoms with Crippen LogP contribution in [0.1, 0.15) is 6.92 Å². The average molecular weight is 71.0 g/mol. The molecule has 0 aliphatic carbocycles. The standard InChI is InChI=1S/C3H7N.2Li/c1-3(2)4;;/h3-4H,1H2,2H3;;/q-2;2*+1. The van der Waals surface area contributed by atoms with Crippen LogP contribution in [0.3, 0.4) is 0 Å². The van der Waals surface area contributed by atoms with E-state index in [0.717, 1.165) is 0 Å². The third-order valence-electron chi connectivity index (χ3n) is 0. The number of hydrogen-bond acceptors (Lipinski definition) is 0. The Morgan fingerprint density at radius 2 is 1.50 bits per heavy atom. The molecule has 0 saturated heterocycles. The minimum atomic E-state index is -0.167. The maximum absolute atomic E-state index is 6.47. The van der Waals surface area contributed by atoms with E-state index in [0.29, 0.717) is 0 Å². The average Bonchev–Trinajstić information content (AvgIpc) is 0.811. The van der Waals surface area contributed by atoms with Gasteiger partial charge in [0.15, 0.2) is 0 Å². The molecule has 0 fully saturated rings. The van der Waals surface area contributed by atoms with Crippen molar-refractivity contribution < 1.29 is 37.7 Å². The first-order valence-corrected chi connectivity index (χ1v) is 1.27. The summed E-state index contributed by atoms with van der Waals surface area (Å²) < 4.78 is 0. The van der Waals surface area contributed by atoms with E-state index in [4.69, 9.17) is 5.73 Å². The fraction of sp³-hybridized carbons (Fsp3) is 0.667. The topological polar surface area (TPSA) is 23.8 Å². The van der Waals surface area contributed by atoms with Crippen LogP contribution in [0, 0.1) is 6.92 Å². The van der Waals surface area contributed by atoms with Crippen molar-refractivity contribution in [3.63, 3.8) is 0 Å². The van der Waals surface area contributed by atoms with Gasteiger partial charge in [-0.3, -0.25) is 6.04 Å². The molecule has 3 heteroatoms. The van der Waals surface area contributed by atoms with E-state index in [9.17, 15) is 0 Å². The zero-order valence-corrected chi connectivity index (χ0v) is 4.78. The number of hydrogen-bond donors (Lipinski definition) is 0. The van der Waals surface area contributed by atoms with Gasteiger partial charge in [-0.1, -0.05) is 0 Å². The van der Waals surface area contributed by atoms with Gasteiger partial charge in [-0.25, -0.2) is 0 Å². The zero-order chi connectivity index (χ0) is 3.58. The third-order valence-corrected chi connectivity index (χ3v) is 0. The second kappa shape index (κ2) is 9.47. The summed E-state index contributed by atoms with van der Waals surface area (Å²) in [5.74, 6) is 0. The first kappa shape index (κ1) is 15.7. The molecule has 1 atom stereocenters. The van der Waals surface area contributed by atoms with E-state index in [1.165, 1.54) is 0 Å². The van der Waals surface area contributed by atoms with Gasteiger partial charge in [0.05, 0.1) is 0 Å². The van der Waals surface area contributed by atoms with Crippen LogP contribution in [-0.2, 0) is 0 Å². The molecular formula is C3H7Li2N. The molecule has 26 valence electrons. The largest absolute Gasteiger partial charge is 1.00 e. The first-order valence-electron chi connectivity index (χ1n) is 1.27. The van der Waals surface area contributed by atoms with Gasteiger partial charge in [-0.05, 0) is 0 Å². The van der Waals surface area contributed by atoms with Gasteiger partial charge >= 0.3 is 37.7 Å². The van der Waals surface area contributed by atoms with Crippen molar-refractivity contribution in [3.8, 4) is 0 Å². The van der Waals surface area contributed by atoms with E-state index in [1.54, 1.807) is 6.92 Å². The van der Waals surface area contributed by atoms with Crippen molar-refractivity contribution in [1.82, 2.24) is 0 Å². The van der Waals surface area contributed by atoms with Gasteiger partial charge in [0.1, 0.15) is 0 Å². The predicted molar refractivity (Wildman–Crippen MR) is 19.1 cm³/mol. The van der Waals surface area contributed by atoms with Crippen LogP contribution >= 0.6 is 0 Å². The molecule has 1 nitrogen and oxygen atoms in total. The van der Waals surface area contributed by atoms with Crippen molar-refractivity contribution in [2.24, 2.45) is 0 Å². The molecule has 0 aromatic rings. The van der Waals surface area contributed by atoms with Gasteiger partial charge in [-0.2, -0.15) is 0 Å². The van der Waals surface area contributed by atoms with Crippen molar-refractivity contribution >= 4 is 0 Å². The van der Waals surface area contributed by atoms with Crippen LogP contribution in [-0.4, -0.2) is 6.04 Å². The van der Waals surface area contributed by atoms with Crippen molar-refractivity contribution in [2.45, 2.75) is 13.0 Å². The second-order valence-corrected chi connectivity index (χ2v) is 0.901. The maximum Gasteiger partial charge on any atom is 1.00 e. The molecule has 1 unspecified atom stereocenters. The first-order chi connectivity index (χ1) is 1.73. The smallest absolute Gasteiger partial charge is 0.701 e. The van der Waals surface area contributed by atoms with Gasteiger partial charge in [0, 0.05) is 0 Å². The summed E-state index contributed by atoms with van der Waals surface area (Å²) in [5, 5.41) is 0. The van der Waals surface area contributed by atoms with Crippen LogP contribution in [0.25, 0.3) is 5.73 Å². The third kappa shape index (κ3) is 66.7. The van der Waals surface area contributed by atoms with Crippen LogP contribution in [0.5, 0.6) is 0 Å². The van der Waals surface area contributed by atoms with E-state index < -0.39 is 0 Å². The molecule has 0 saturated carbocycles. The Bertz CT molecular complexity index is 13.5. The Kier molecular flexibility index (Phi) is 24.8. The fourth-order valence-electron chi connectivity index (χ4n) is 0. The molecule has 0 aliphatic heterocycles. The molecule has 6 heavy (non-hydrogen) atoms. The van der Waals surface area contributed by atoms with E-state index in [-0.39, 0.29) is 43.8 Å². The summed E-state index contributed by atoms with van der Waals surface area (Å²) in [7, 11) is 0. The molecule has 0 aromatic heterocycles. The predicted octanol–water partition coefficient (Wildman–Crippen LogP) is -4.73. The summed E-state index contributed by atoms with van der Waals surface area (Å²) in [6.07, 6.45) is 0. The van der Waals surface area contributed by atoms with Gasteiger partial charge in [-0.15, -0.1) is 6.92 Å². The van der Waals surface area contributed by atoms with Crippen LogP contribution < -0.4 is 37.7 Å². The Hall–Kier alpha value is 1.15. The summed E-state index contributed by atoms with van der Waals surface area (Å²) >= 11 is 0. The quantitative estimate of drug-likeness (QED) is 0.202. The second-order valence-electron chi connectivity index (χ2n) is 0.901. The molecule has 0 spiro atoms. The summed E-state index contributed by atoms with van der Waals surface area (Å²) in [6.45, 7) is 5.03. The fourth-order valence-corrected chi connectivity index (χ4v) is 0. The summed E-state index contributed by atoms with van der Waals surface area (Å²) in [6, 6.07) is -0.167. The Labute approximate surface area is 63.4 Å². The van der Waals surface area contributed by atoms with Crippen LogP contribution in [0.2, 0.25) is 0 Å². The molecule has 0 aliphatic rings. The number of nitrogens with one attached hydrogen (secondary N) is 1. The van der Waals surface area contributed by atoms with Crippen LogP contribution in [0.15, 0.2) is 0 Å². The van der Waals surface area contributed by atoms with E-state index in [1.807, 2.05) is 0 Å². The van der Waals surface area contributed by atoms with Crippen molar-refractivity contribution in [1.29, 1.82) is 0 Å². The Balaban J connectivity index is -0.0000000450. The normalized spacial score (nSPS) is 10.5. The minimum Gasteiger partial charge on any atom is -0.701 e. The van der Waals surface area contributed by atoms with Crippen molar-refractivity contribution in [3.05, 3.63) is 12.7 Å². The zero-order valence-electron chi connectivity index (χ0n) is 4.78. The molecule has 0 heterocycles.